The Morgan fingerprint density at radius 3 is 2.30 bits per heavy atom. The molecule has 40 heavy (non-hydrogen) atoms. The van der Waals surface area contributed by atoms with E-state index < -0.39 is 0 Å². The molecule has 5 rings (SSSR count). The van der Waals surface area contributed by atoms with Gasteiger partial charge < -0.3 is 15.0 Å². The van der Waals surface area contributed by atoms with Gasteiger partial charge in [0.1, 0.15) is 11.6 Å². The number of ether oxygens (including phenoxy) is 1. The van der Waals surface area contributed by atoms with Crippen molar-refractivity contribution >= 4 is 28.9 Å². The molecule has 3 aromatic carbocycles. The highest BCUT2D eigenvalue weighted by atomic mass is 16.5. The van der Waals surface area contributed by atoms with E-state index in [2.05, 4.69) is 47.2 Å². The van der Waals surface area contributed by atoms with Gasteiger partial charge in [0.25, 0.3) is 0 Å². The minimum Gasteiger partial charge on any atom is -0.379 e. The third kappa shape index (κ3) is 7.31. The molecule has 0 saturated carbocycles. The van der Waals surface area contributed by atoms with Crippen LogP contribution in [0.3, 0.4) is 0 Å². The number of aromatic nitrogens is 2. The minimum absolute atomic E-state index is 0.209. The monoisotopic (exact) mass is 535 g/mol. The van der Waals surface area contributed by atoms with Crippen LogP contribution in [0.15, 0.2) is 79.0 Å². The average molecular weight is 536 g/mol. The lowest BCUT2D eigenvalue weighted by atomic mass is 10.0. The van der Waals surface area contributed by atoms with Crippen molar-refractivity contribution in [3.8, 4) is 0 Å². The molecule has 1 aliphatic heterocycles. The summed E-state index contributed by atoms with van der Waals surface area (Å²) in [6.07, 6.45) is 2.64. The Labute approximate surface area is 236 Å². The van der Waals surface area contributed by atoms with Crippen LogP contribution >= 0.6 is 0 Å². The van der Waals surface area contributed by atoms with Crippen LogP contribution in [0.4, 0.5) is 23.1 Å². The highest BCUT2D eigenvalue weighted by Crippen LogP contribution is 2.25. The van der Waals surface area contributed by atoms with E-state index in [1.807, 2.05) is 66.5 Å². The highest BCUT2D eigenvalue weighted by molar-refractivity contribution is 5.83. The molecule has 0 unspecified atom stereocenters. The first-order valence-corrected chi connectivity index (χ1v) is 13.8. The zero-order valence-electron chi connectivity index (χ0n) is 23.6. The summed E-state index contributed by atoms with van der Waals surface area (Å²) in [7, 11) is 1.98. The van der Waals surface area contributed by atoms with E-state index in [4.69, 9.17) is 9.72 Å². The third-order valence-corrected chi connectivity index (χ3v) is 7.33. The van der Waals surface area contributed by atoms with Crippen molar-refractivity contribution in [3.63, 3.8) is 0 Å². The number of aryl methyl sites for hydroxylation is 2. The van der Waals surface area contributed by atoms with Crippen LogP contribution in [0.2, 0.25) is 0 Å². The van der Waals surface area contributed by atoms with Crippen molar-refractivity contribution in [2.75, 3.05) is 43.6 Å². The van der Waals surface area contributed by atoms with E-state index in [1.165, 1.54) is 16.7 Å². The number of benzene rings is 3. The molecule has 206 valence electrons. The molecule has 7 heteroatoms. The summed E-state index contributed by atoms with van der Waals surface area (Å²) in [4.78, 5) is 26.2. The number of hydrogen-bond acceptors (Lipinski definition) is 7. The largest absolute Gasteiger partial charge is 0.379 e. The second-order valence-corrected chi connectivity index (χ2v) is 10.5. The van der Waals surface area contributed by atoms with Crippen LogP contribution in [0.25, 0.3) is 0 Å². The number of rotatable bonds is 10. The molecule has 0 spiro atoms. The molecular formula is C33H37N5O2. The fraction of sp³-hybridized carbons (Fsp3) is 0.303. The van der Waals surface area contributed by atoms with Crippen molar-refractivity contribution in [1.29, 1.82) is 0 Å². The molecule has 4 aromatic rings. The summed E-state index contributed by atoms with van der Waals surface area (Å²) >= 11 is 0. The zero-order chi connectivity index (χ0) is 27.9. The number of Topliss-reactive ketones (excluding diaryl/α,β-unsaturated/α-hetero) is 1. The van der Waals surface area contributed by atoms with Crippen molar-refractivity contribution in [2.45, 2.75) is 33.2 Å². The topological polar surface area (TPSA) is 70.6 Å². The Morgan fingerprint density at radius 1 is 0.925 bits per heavy atom. The van der Waals surface area contributed by atoms with Gasteiger partial charge in [0, 0.05) is 57.1 Å². The zero-order valence-corrected chi connectivity index (χ0v) is 23.6. The van der Waals surface area contributed by atoms with E-state index >= 15 is 0 Å². The van der Waals surface area contributed by atoms with Gasteiger partial charge in [-0.1, -0.05) is 48.0 Å². The van der Waals surface area contributed by atoms with Gasteiger partial charge in [0.05, 0.1) is 13.2 Å². The van der Waals surface area contributed by atoms with Crippen LogP contribution < -0.4 is 10.2 Å². The maximum Gasteiger partial charge on any atom is 0.229 e. The summed E-state index contributed by atoms with van der Waals surface area (Å²) in [6, 6.07) is 24.5. The number of carbonyl (C=O) groups excluding carboxylic acids is 1. The highest BCUT2D eigenvalue weighted by Gasteiger charge is 2.13. The van der Waals surface area contributed by atoms with E-state index in [-0.39, 0.29) is 5.78 Å². The molecule has 1 N–H and O–H groups in total. The van der Waals surface area contributed by atoms with Crippen molar-refractivity contribution in [3.05, 3.63) is 107 Å². The predicted molar refractivity (Wildman–Crippen MR) is 161 cm³/mol. The Kier molecular flexibility index (Phi) is 8.84. The quantitative estimate of drug-likeness (QED) is 0.276. The summed E-state index contributed by atoms with van der Waals surface area (Å²) in [5.74, 6) is 1.53. The van der Waals surface area contributed by atoms with Gasteiger partial charge in [-0.15, -0.1) is 0 Å². The number of anilines is 4. The Balaban J connectivity index is 1.21. The first-order chi connectivity index (χ1) is 19.4. The first kappa shape index (κ1) is 27.5. The third-order valence-electron chi connectivity index (χ3n) is 7.33. The Hall–Kier alpha value is -4.07. The summed E-state index contributed by atoms with van der Waals surface area (Å²) in [5.41, 5.74) is 7.78. The minimum atomic E-state index is 0.209. The lowest BCUT2D eigenvalue weighted by molar-refractivity contribution is -0.117. The fourth-order valence-electron chi connectivity index (χ4n) is 4.84. The smallest absolute Gasteiger partial charge is 0.229 e. The molecule has 1 saturated heterocycles. The van der Waals surface area contributed by atoms with E-state index in [1.54, 1.807) is 6.20 Å². The van der Waals surface area contributed by atoms with Crippen LogP contribution in [-0.4, -0.2) is 54.0 Å². The molecule has 0 aliphatic carbocycles. The van der Waals surface area contributed by atoms with Gasteiger partial charge in [0.15, 0.2) is 0 Å². The van der Waals surface area contributed by atoms with Crippen molar-refractivity contribution in [1.82, 2.24) is 14.9 Å². The number of morpholine rings is 1. The lowest BCUT2D eigenvalue weighted by Gasteiger charge is -2.27. The molecule has 1 fully saturated rings. The fourth-order valence-corrected chi connectivity index (χ4v) is 4.84. The molecule has 0 bridgehead atoms. The molecule has 0 amide bonds. The lowest BCUT2D eigenvalue weighted by Crippen LogP contribution is -2.35. The Morgan fingerprint density at radius 2 is 1.60 bits per heavy atom. The van der Waals surface area contributed by atoms with Crippen LogP contribution in [-0.2, 0) is 28.9 Å². The molecule has 2 heterocycles. The SMILES string of the molecule is Cc1ccc(CC(=O)Cc2ccc(N(C)c3ccnc(Nc4ccc(C)c(CN5CCOCC5)c4)n3)cc2)cc1. The van der Waals surface area contributed by atoms with Crippen molar-refractivity contribution in [2.24, 2.45) is 0 Å². The van der Waals surface area contributed by atoms with Gasteiger partial charge in [-0.3, -0.25) is 9.69 Å². The summed E-state index contributed by atoms with van der Waals surface area (Å²) < 4.78 is 5.49. The molecule has 1 aliphatic rings. The van der Waals surface area contributed by atoms with Gasteiger partial charge in [-0.2, -0.15) is 4.98 Å². The second-order valence-electron chi connectivity index (χ2n) is 10.5. The maximum absolute atomic E-state index is 12.6. The van der Waals surface area contributed by atoms with Crippen molar-refractivity contribution < 1.29 is 9.53 Å². The number of hydrogen-bond donors (Lipinski definition) is 1. The maximum atomic E-state index is 12.6. The molecule has 1 aromatic heterocycles. The van der Waals surface area contributed by atoms with Crippen LogP contribution in [0, 0.1) is 13.8 Å². The average Bonchev–Trinajstić information content (AvgIpc) is 2.97. The van der Waals surface area contributed by atoms with Gasteiger partial charge >= 0.3 is 0 Å². The summed E-state index contributed by atoms with van der Waals surface area (Å²) in [5, 5.41) is 3.38. The summed E-state index contributed by atoms with van der Waals surface area (Å²) in [6.45, 7) is 8.60. The predicted octanol–water partition coefficient (Wildman–Crippen LogP) is 5.79. The van der Waals surface area contributed by atoms with Gasteiger partial charge in [0.2, 0.25) is 5.95 Å². The molecule has 0 atom stereocenters. The number of carbonyl (C=O) groups is 1. The molecular weight excluding hydrogens is 498 g/mol. The Bertz CT molecular complexity index is 1430. The molecule has 0 radical (unpaired) electrons. The van der Waals surface area contributed by atoms with E-state index in [0.717, 1.165) is 61.2 Å². The van der Waals surface area contributed by atoms with Crippen LogP contribution in [0.5, 0.6) is 0 Å². The van der Waals surface area contributed by atoms with Gasteiger partial charge in [-0.25, -0.2) is 4.98 Å². The normalized spacial score (nSPS) is 13.7. The second kappa shape index (κ2) is 12.9. The first-order valence-electron chi connectivity index (χ1n) is 13.8. The molecule has 7 nitrogen and oxygen atoms in total. The van der Waals surface area contributed by atoms with Crippen LogP contribution in [0.1, 0.15) is 27.8 Å². The number of nitrogens with one attached hydrogen (secondary N) is 1. The standard InChI is InChI=1S/C33H37N5O2/c1-24-4-7-26(8-5-24)20-31(39)21-27-9-12-30(13-10-27)37(3)32-14-15-34-33(36-32)35-29-11-6-25(2)28(22-29)23-38-16-18-40-19-17-38/h4-15,22H,16-21,23H2,1-3H3,(H,34,35,36). The van der Waals surface area contributed by atoms with E-state index in [9.17, 15) is 4.79 Å². The number of nitrogens with zero attached hydrogens (tertiary/aromatic N) is 4. The van der Waals surface area contributed by atoms with Gasteiger partial charge in [-0.05, 0) is 66.4 Å². The number of ketones is 1. The van der Waals surface area contributed by atoms with E-state index in [0.29, 0.717) is 18.8 Å².